The van der Waals surface area contributed by atoms with Gasteiger partial charge in [-0.2, -0.15) is 0 Å². The topological polar surface area (TPSA) is 153 Å². The van der Waals surface area contributed by atoms with Gasteiger partial charge in [0.1, 0.15) is 28.6 Å². The van der Waals surface area contributed by atoms with Crippen molar-refractivity contribution >= 4 is 73.8 Å². The van der Waals surface area contributed by atoms with E-state index in [0.717, 1.165) is 9.21 Å². The van der Waals surface area contributed by atoms with Crippen molar-refractivity contribution in [3.63, 3.8) is 0 Å². The Morgan fingerprint density at radius 1 is 0.852 bits per heavy atom. The fourth-order valence-corrected chi connectivity index (χ4v) is 7.77. The van der Waals surface area contributed by atoms with Crippen LogP contribution >= 0.6 is 23.2 Å². The van der Waals surface area contributed by atoms with E-state index >= 15 is 0 Å². The predicted molar refractivity (Wildman–Crippen MR) is 210 cm³/mol. The number of ether oxygens (including phenoxy) is 3. The Bertz CT molecular complexity index is 2020. The summed E-state index contributed by atoms with van der Waals surface area (Å²) in [6, 6.07) is 10.3. The van der Waals surface area contributed by atoms with Crippen molar-refractivity contribution in [1.29, 1.82) is 0 Å². The third kappa shape index (κ3) is 11.3. The molecule has 0 fully saturated rings. The van der Waals surface area contributed by atoms with Crippen LogP contribution in [0.5, 0.6) is 0 Å². The van der Waals surface area contributed by atoms with Crippen molar-refractivity contribution in [1.82, 2.24) is 19.7 Å². The van der Waals surface area contributed by atoms with E-state index in [0.29, 0.717) is 22.5 Å². The zero-order chi connectivity index (χ0) is 40.4. The van der Waals surface area contributed by atoms with Gasteiger partial charge >= 0.3 is 18.2 Å². The van der Waals surface area contributed by atoms with Crippen LogP contribution in [0.3, 0.4) is 0 Å². The number of sulfonamides is 1. The van der Waals surface area contributed by atoms with Gasteiger partial charge in [0.25, 0.3) is 0 Å². The Morgan fingerprint density at radius 3 is 2.00 bits per heavy atom. The summed E-state index contributed by atoms with van der Waals surface area (Å²) < 4.78 is 47.3. The van der Waals surface area contributed by atoms with Crippen LogP contribution < -0.4 is 9.21 Å². The first-order valence-electron chi connectivity index (χ1n) is 17.2. The number of hydrogen-bond acceptors (Lipinski definition) is 11. The SMILES string of the molecule is CN(CCN(C(=O)OC(C)(C)C)C(=O)OC(C)(C)C)c1ccc(-n2ccc3cc(N(CC(=O)OC(C)(C)C)S(=O)(=O)C4C=C(Cl)C=C(Cl)C4)ccc32)nn1. The van der Waals surface area contributed by atoms with Gasteiger partial charge in [0.2, 0.25) is 10.0 Å². The number of aromatic nitrogens is 3. The maximum atomic E-state index is 14.0. The number of rotatable bonds is 10. The number of hydrogen-bond donors (Lipinski definition) is 0. The van der Waals surface area contributed by atoms with Crippen molar-refractivity contribution < 1.29 is 37.0 Å². The summed E-state index contributed by atoms with van der Waals surface area (Å²) in [7, 11) is -2.45. The smallest absolute Gasteiger partial charge is 0.419 e. The van der Waals surface area contributed by atoms with Gasteiger partial charge in [-0.15, -0.1) is 10.2 Å². The van der Waals surface area contributed by atoms with Crippen LogP contribution in [0.15, 0.2) is 64.8 Å². The van der Waals surface area contributed by atoms with Gasteiger partial charge in [0, 0.05) is 41.7 Å². The molecule has 0 saturated carbocycles. The minimum absolute atomic E-state index is 0.000853. The number of carbonyl (C=O) groups is 3. The fraction of sp³-hybridized carbons (Fsp3) is 0.486. The highest BCUT2D eigenvalue weighted by Gasteiger charge is 2.36. The molecule has 1 aliphatic rings. The molecule has 3 aromatic rings. The lowest BCUT2D eigenvalue weighted by Crippen LogP contribution is -2.46. The number of halogens is 2. The van der Waals surface area contributed by atoms with Gasteiger partial charge in [-0.3, -0.25) is 13.7 Å². The van der Waals surface area contributed by atoms with Crippen LogP contribution in [0.1, 0.15) is 68.7 Å². The van der Waals surface area contributed by atoms with E-state index in [1.54, 1.807) is 121 Å². The molecule has 0 N–H and O–H groups in total. The predicted octanol–water partition coefficient (Wildman–Crippen LogP) is 7.52. The summed E-state index contributed by atoms with van der Waals surface area (Å²) in [4.78, 5) is 41.5. The standard InChI is InChI=1S/C37H48Cl2N6O8S/c1-35(2,3)51-32(46)23-45(54(49,50)28-21-25(38)20-26(39)22-28)27-11-12-29-24(19-27)15-16-43(29)31-14-13-30(40-41-31)42(10)17-18-44(33(47)52-36(4,5)6)34(48)53-37(7,8)9/h11-16,19-21,28H,17-18,22-23H2,1-10H3. The average molecular weight is 808 g/mol. The molecule has 2 aromatic heterocycles. The molecule has 54 heavy (non-hydrogen) atoms. The average Bonchev–Trinajstić information content (AvgIpc) is 3.44. The van der Waals surface area contributed by atoms with Crippen LogP contribution in [-0.4, -0.2) is 95.0 Å². The van der Waals surface area contributed by atoms with Gasteiger partial charge < -0.3 is 19.1 Å². The maximum absolute atomic E-state index is 14.0. The molecule has 0 radical (unpaired) electrons. The van der Waals surface area contributed by atoms with Crippen LogP contribution in [0.4, 0.5) is 21.1 Å². The van der Waals surface area contributed by atoms with E-state index in [1.165, 1.54) is 12.2 Å². The molecule has 0 saturated heterocycles. The van der Waals surface area contributed by atoms with Crippen molar-refractivity contribution in [2.24, 2.45) is 0 Å². The van der Waals surface area contributed by atoms with E-state index in [9.17, 15) is 22.8 Å². The summed E-state index contributed by atoms with van der Waals surface area (Å²) in [6.45, 7) is 15.0. The number of benzene rings is 1. The maximum Gasteiger partial charge on any atom is 0.419 e. The first-order chi connectivity index (χ1) is 24.8. The molecule has 17 heteroatoms. The summed E-state index contributed by atoms with van der Waals surface area (Å²) in [6.07, 6.45) is 3.01. The fourth-order valence-electron chi connectivity index (χ4n) is 5.25. The molecule has 2 amide bonds. The van der Waals surface area contributed by atoms with Crippen molar-refractivity contribution in [2.75, 3.05) is 35.9 Å². The molecule has 1 aromatic carbocycles. The number of allylic oxidation sites excluding steroid dienone is 3. The molecule has 4 rings (SSSR count). The third-order valence-electron chi connectivity index (χ3n) is 7.54. The molecular formula is C37H48Cl2N6O8S. The number of nitrogens with zero attached hydrogens (tertiary/aromatic N) is 6. The van der Waals surface area contributed by atoms with E-state index in [1.807, 2.05) is 0 Å². The number of esters is 1. The van der Waals surface area contributed by atoms with Gasteiger partial charge in [0.15, 0.2) is 11.6 Å². The molecule has 1 unspecified atom stereocenters. The molecule has 14 nitrogen and oxygen atoms in total. The Labute approximate surface area is 326 Å². The number of likely N-dealkylation sites (N-methyl/N-ethyl adjacent to an activating group) is 1. The third-order valence-corrected chi connectivity index (χ3v) is 10.1. The van der Waals surface area contributed by atoms with Gasteiger partial charge in [-0.25, -0.2) is 22.9 Å². The van der Waals surface area contributed by atoms with Gasteiger partial charge in [-0.1, -0.05) is 23.2 Å². The summed E-state index contributed by atoms with van der Waals surface area (Å²) in [5, 5.41) is 8.80. The Morgan fingerprint density at radius 2 is 1.46 bits per heavy atom. The van der Waals surface area contributed by atoms with E-state index < -0.39 is 56.8 Å². The van der Waals surface area contributed by atoms with Crippen molar-refractivity contribution in [3.8, 4) is 5.82 Å². The zero-order valence-electron chi connectivity index (χ0n) is 32.2. The molecule has 0 bridgehead atoms. The van der Waals surface area contributed by atoms with Crippen LogP contribution in [0, 0.1) is 0 Å². The van der Waals surface area contributed by atoms with Crippen molar-refractivity contribution in [3.05, 3.63) is 64.8 Å². The lowest BCUT2D eigenvalue weighted by molar-refractivity contribution is -0.152. The molecule has 1 aliphatic carbocycles. The lowest BCUT2D eigenvalue weighted by atomic mass is 10.2. The van der Waals surface area contributed by atoms with Crippen molar-refractivity contribution in [2.45, 2.75) is 90.8 Å². The minimum atomic E-state index is -4.20. The summed E-state index contributed by atoms with van der Waals surface area (Å²) >= 11 is 12.4. The minimum Gasteiger partial charge on any atom is -0.459 e. The number of fused-ring (bicyclic) bond motifs is 1. The van der Waals surface area contributed by atoms with Crippen LogP contribution in [-0.2, 0) is 29.0 Å². The quantitative estimate of drug-likeness (QED) is 0.148. The zero-order valence-corrected chi connectivity index (χ0v) is 34.5. The molecule has 0 aliphatic heterocycles. The highest BCUT2D eigenvalue weighted by Crippen LogP contribution is 2.33. The second kappa shape index (κ2) is 16.2. The molecular weight excluding hydrogens is 759 g/mol. The first-order valence-corrected chi connectivity index (χ1v) is 19.5. The lowest BCUT2D eigenvalue weighted by Gasteiger charge is -2.30. The van der Waals surface area contributed by atoms with Gasteiger partial charge in [-0.05, 0) is 111 Å². The van der Waals surface area contributed by atoms with Gasteiger partial charge in [0.05, 0.1) is 17.7 Å². The second-order valence-corrected chi connectivity index (χ2v) is 18.7. The van der Waals surface area contributed by atoms with Crippen LogP contribution in [0.2, 0.25) is 0 Å². The molecule has 1 atom stereocenters. The normalized spacial score (nSPS) is 15.2. The summed E-state index contributed by atoms with van der Waals surface area (Å²) in [5.74, 6) is 0.223. The monoisotopic (exact) mass is 806 g/mol. The largest absolute Gasteiger partial charge is 0.459 e. The second-order valence-electron chi connectivity index (χ2n) is 15.7. The van der Waals surface area contributed by atoms with E-state index in [-0.39, 0.29) is 35.3 Å². The summed E-state index contributed by atoms with van der Waals surface area (Å²) in [5.41, 5.74) is -1.53. The number of carbonyl (C=O) groups excluding carboxylic acids is 3. The highest BCUT2D eigenvalue weighted by molar-refractivity contribution is 7.93. The Hall–Kier alpha value is -4.34. The van der Waals surface area contributed by atoms with Crippen LogP contribution in [0.25, 0.3) is 16.7 Å². The van der Waals surface area contributed by atoms with E-state index in [2.05, 4.69) is 10.2 Å². The molecule has 0 spiro atoms. The number of imide groups is 1. The Kier molecular flexibility index (Phi) is 12.7. The number of amides is 2. The first kappa shape index (κ1) is 42.4. The molecule has 294 valence electrons. The Balaban J connectivity index is 1.57. The number of anilines is 2. The van der Waals surface area contributed by atoms with E-state index in [4.69, 9.17) is 37.4 Å². The highest BCUT2D eigenvalue weighted by atomic mass is 35.5. The molecule has 2 heterocycles.